The lowest BCUT2D eigenvalue weighted by Gasteiger charge is -2.35. The zero-order valence-corrected chi connectivity index (χ0v) is 17.7. The van der Waals surface area contributed by atoms with Crippen LogP contribution in [0.1, 0.15) is 31.8 Å². The average molecular weight is 415 g/mol. The Morgan fingerprint density at radius 3 is 2.13 bits per heavy atom. The number of amides is 2. The molecule has 1 saturated heterocycles. The van der Waals surface area contributed by atoms with Crippen molar-refractivity contribution in [1.82, 2.24) is 9.80 Å². The molecule has 0 radical (unpaired) electrons. The van der Waals surface area contributed by atoms with Gasteiger partial charge < -0.3 is 14.5 Å². The van der Waals surface area contributed by atoms with Crippen molar-refractivity contribution in [2.75, 3.05) is 33.3 Å². The molecule has 4 rings (SSSR count). The van der Waals surface area contributed by atoms with Gasteiger partial charge in [0.1, 0.15) is 5.75 Å². The Labute approximate surface area is 182 Å². The van der Waals surface area contributed by atoms with Gasteiger partial charge in [0.2, 0.25) is 0 Å². The summed E-state index contributed by atoms with van der Waals surface area (Å²) in [6.45, 7) is 2.08. The maximum Gasteiger partial charge on any atom is 0.254 e. The van der Waals surface area contributed by atoms with Crippen LogP contribution in [0.3, 0.4) is 0 Å². The van der Waals surface area contributed by atoms with Gasteiger partial charge in [-0.25, -0.2) is 0 Å². The van der Waals surface area contributed by atoms with Gasteiger partial charge in [0, 0.05) is 37.3 Å². The Morgan fingerprint density at radius 1 is 0.774 bits per heavy atom. The largest absolute Gasteiger partial charge is 0.497 e. The lowest BCUT2D eigenvalue weighted by atomic mass is 9.99. The first kappa shape index (κ1) is 20.7. The maximum absolute atomic E-state index is 13.2. The molecule has 0 atom stereocenters. The highest BCUT2D eigenvalue weighted by molar-refractivity contribution is 5.97. The number of carbonyl (C=O) groups is 2. The first-order chi connectivity index (χ1) is 15.2. The molecule has 5 nitrogen and oxygen atoms in total. The van der Waals surface area contributed by atoms with E-state index in [-0.39, 0.29) is 11.8 Å². The summed E-state index contributed by atoms with van der Waals surface area (Å²) in [5, 5.41) is 0. The Bertz CT molecular complexity index is 1060. The summed E-state index contributed by atoms with van der Waals surface area (Å²) < 4.78 is 5.22. The number of hydrogen-bond donors (Lipinski definition) is 0. The van der Waals surface area contributed by atoms with Crippen molar-refractivity contribution in [2.45, 2.75) is 6.42 Å². The number of methoxy groups -OCH3 is 1. The second-order valence-electron chi connectivity index (χ2n) is 7.64. The predicted octanol–water partition coefficient (Wildman–Crippen LogP) is 3.88. The van der Waals surface area contributed by atoms with Gasteiger partial charge in [0.05, 0.1) is 7.11 Å². The smallest absolute Gasteiger partial charge is 0.254 e. The van der Waals surface area contributed by atoms with Gasteiger partial charge >= 0.3 is 0 Å². The van der Waals surface area contributed by atoms with Crippen LogP contribution in [-0.2, 0) is 6.42 Å². The molecule has 1 aliphatic rings. The van der Waals surface area contributed by atoms with Crippen LogP contribution in [0.25, 0.3) is 0 Å². The average Bonchev–Trinajstić information content (AvgIpc) is 2.84. The summed E-state index contributed by atoms with van der Waals surface area (Å²) in [7, 11) is 1.59. The van der Waals surface area contributed by atoms with Crippen LogP contribution in [0, 0.1) is 0 Å². The van der Waals surface area contributed by atoms with Gasteiger partial charge in [-0.15, -0.1) is 0 Å². The van der Waals surface area contributed by atoms with E-state index in [9.17, 15) is 9.59 Å². The van der Waals surface area contributed by atoms with Crippen molar-refractivity contribution in [3.05, 3.63) is 101 Å². The summed E-state index contributed by atoms with van der Waals surface area (Å²) in [5.41, 5.74) is 3.54. The monoisotopic (exact) mass is 414 g/mol. The van der Waals surface area contributed by atoms with E-state index in [4.69, 9.17) is 4.74 Å². The van der Waals surface area contributed by atoms with Crippen molar-refractivity contribution in [3.63, 3.8) is 0 Å². The summed E-state index contributed by atoms with van der Waals surface area (Å²) in [6, 6.07) is 25.1. The van der Waals surface area contributed by atoms with Gasteiger partial charge in [0.25, 0.3) is 11.8 Å². The first-order valence-corrected chi connectivity index (χ1v) is 10.5. The molecule has 31 heavy (non-hydrogen) atoms. The Morgan fingerprint density at radius 2 is 1.42 bits per heavy atom. The van der Waals surface area contributed by atoms with Crippen molar-refractivity contribution in [3.8, 4) is 5.75 Å². The normalized spacial score (nSPS) is 13.7. The van der Waals surface area contributed by atoms with Crippen LogP contribution < -0.4 is 4.74 Å². The van der Waals surface area contributed by atoms with E-state index in [1.54, 1.807) is 24.1 Å². The zero-order chi connectivity index (χ0) is 21.6. The molecular formula is C26H26N2O3. The van der Waals surface area contributed by atoms with Gasteiger partial charge in [-0.2, -0.15) is 0 Å². The van der Waals surface area contributed by atoms with Crippen molar-refractivity contribution < 1.29 is 14.3 Å². The molecule has 5 heteroatoms. The number of rotatable bonds is 5. The standard InChI is InChI=1S/C26H26N2O3/c1-31-23-12-7-11-22(19-23)25(29)27-14-16-28(17-15-27)26(30)24-13-6-5-10-21(24)18-20-8-3-2-4-9-20/h2-13,19H,14-18H2,1H3. The molecule has 0 bridgehead atoms. The van der Waals surface area contributed by atoms with Crippen molar-refractivity contribution >= 4 is 11.8 Å². The van der Waals surface area contributed by atoms with Gasteiger partial charge in [-0.1, -0.05) is 54.6 Å². The lowest BCUT2D eigenvalue weighted by Crippen LogP contribution is -2.50. The van der Waals surface area contributed by atoms with E-state index in [1.807, 2.05) is 59.5 Å². The van der Waals surface area contributed by atoms with Crippen LogP contribution >= 0.6 is 0 Å². The number of hydrogen-bond acceptors (Lipinski definition) is 3. The Kier molecular flexibility index (Phi) is 6.32. The fraction of sp³-hybridized carbons (Fsp3) is 0.231. The Hall–Kier alpha value is -3.60. The van der Waals surface area contributed by atoms with E-state index in [0.29, 0.717) is 37.5 Å². The van der Waals surface area contributed by atoms with E-state index in [2.05, 4.69) is 12.1 Å². The van der Waals surface area contributed by atoms with Gasteiger partial charge in [-0.05, 0) is 41.8 Å². The molecule has 0 spiro atoms. The SMILES string of the molecule is COc1cccc(C(=O)N2CCN(C(=O)c3ccccc3Cc3ccccc3)CC2)c1. The summed E-state index contributed by atoms with van der Waals surface area (Å²) >= 11 is 0. The quantitative estimate of drug-likeness (QED) is 0.637. The van der Waals surface area contributed by atoms with E-state index >= 15 is 0 Å². The van der Waals surface area contributed by atoms with Crippen LogP contribution in [-0.4, -0.2) is 54.9 Å². The third kappa shape index (κ3) is 4.77. The van der Waals surface area contributed by atoms with Crippen molar-refractivity contribution in [1.29, 1.82) is 0 Å². The molecule has 0 aromatic heterocycles. The lowest BCUT2D eigenvalue weighted by molar-refractivity contribution is 0.0535. The molecule has 0 aliphatic carbocycles. The van der Waals surface area contributed by atoms with E-state index in [0.717, 1.165) is 17.5 Å². The van der Waals surface area contributed by atoms with E-state index in [1.165, 1.54) is 5.56 Å². The summed E-state index contributed by atoms with van der Waals surface area (Å²) in [6.07, 6.45) is 0.719. The summed E-state index contributed by atoms with van der Waals surface area (Å²) in [5.74, 6) is 0.658. The van der Waals surface area contributed by atoms with Crippen LogP contribution in [0.4, 0.5) is 0 Å². The van der Waals surface area contributed by atoms with Crippen LogP contribution in [0.5, 0.6) is 5.75 Å². The first-order valence-electron chi connectivity index (χ1n) is 10.5. The molecule has 1 fully saturated rings. The van der Waals surface area contributed by atoms with E-state index < -0.39 is 0 Å². The number of nitrogens with zero attached hydrogens (tertiary/aromatic N) is 2. The van der Waals surface area contributed by atoms with Gasteiger partial charge in [0.15, 0.2) is 0 Å². The molecule has 1 aliphatic heterocycles. The highest BCUT2D eigenvalue weighted by atomic mass is 16.5. The predicted molar refractivity (Wildman–Crippen MR) is 120 cm³/mol. The second-order valence-corrected chi connectivity index (χ2v) is 7.64. The van der Waals surface area contributed by atoms with Crippen molar-refractivity contribution in [2.24, 2.45) is 0 Å². The molecule has 0 saturated carbocycles. The molecule has 2 amide bonds. The molecule has 1 heterocycles. The molecule has 3 aromatic carbocycles. The zero-order valence-electron chi connectivity index (χ0n) is 17.7. The molecule has 158 valence electrons. The minimum absolute atomic E-state index is 0.0278. The minimum Gasteiger partial charge on any atom is -0.497 e. The number of piperazine rings is 1. The third-order valence-electron chi connectivity index (χ3n) is 5.66. The molecule has 0 unspecified atom stereocenters. The highest BCUT2D eigenvalue weighted by Crippen LogP contribution is 2.19. The minimum atomic E-state index is -0.0320. The molecular weight excluding hydrogens is 388 g/mol. The fourth-order valence-corrected chi connectivity index (χ4v) is 3.92. The summed E-state index contributed by atoms with van der Waals surface area (Å²) in [4.78, 5) is 29.7. The number of benzene rings is 3. The third-order valence-corrected chi connectivity index (χ3v) is 5.66. The van der Waals surface area contributed by atoms with Crippen LogP contribution in [0.15, 0.2) is 78.9 Å². The topological polar surface area (TPSA) is 49.9 Å². The fourth-order valence-electron chi connectivity index (χ4n) is 3.92. The number of carbonyl (C=O) groups excluding carboxylic acids is 2. The molecule has 0 N–H and O–H groups in total. The molecule has 3 aromatic rings. The highest BCUT2D eigenvalue weighted by Gasteiger charge is 2.26. The second kappa shape index (κ2) is 9.47. The Balaban J connectivity index is 1.42. The maximum atomic E-state index is 13.2. The van der Waals surface area contributed by atoms with Crippen LogP contribution in [0.2, 0.25) is 0 Å². The van der Waals surface area contributed by atoms with Gasteiger partial charge in [-0.3, -0.25) is 9.59 Å². The number of ether oxygens (including phenoxy) is 1.